The van der Waals surface area contributed by atoms with E-state index < -0.39 is 0 Å². The summed E-state index contributed by atoms with van der Waals surface area (Å²) in [5, 5.41) is 2.82. The maximum atomic E-state index is 11.9. The predicted molar refractivity (Wildman–Crippen MR) is 81.9 cm³/mol. The van der Waals surface area contributed by atoms with Crippen LogP contribution in [0.3, 0.4) is 0 Å². The molecule has 1 aromatic rings. The lowest BCUT2D eigenvalue weighted by molar-refractivity contribution is -0.117. The normalized spacial score (nSPS) is 10.5. The van der Waals surface area contributed by atoms with Crippen molar-refractivity contribution >= 4 is 29.0 Å². The number of thioether (sulfide) groups is 1. The zero-order chi connectivity index (χ0) is 14.3. The molecule has 0 aliphatic heterocycles. The third-order valence-corrected chi connectivity index (χ3v) is 3.18. The fourth-order valence-electron chi connectivity index (χ4n) is 1.58. The minimum atomic E-state index is -0.0764. The van der Waals surface area contributed by atoms with Crippen molar-refractivity contribution in [2.75, 3.05) is 50.3 Å². The number of carbonyl (C=O) groups excluding carboxylic acids is 1. The van der Waals surface area contributed by atoms with E-state index in [0.29, 0.717) is 23.7 Å². The fraction of sp³-hybridized carbons (Fsp3) is 0.462. The van der Waals surface area contributed by atoms with E-state index in [-0.39, 0.29) is 5.91 Å². The summed E-state index contributed by atoms with van der Waals surface area (Å²) in [5.41, 5.74) is 6.90. The second-order valence-electron chi connectivity index (χ2n) is 4.24. The number of ether oxygens (including phenoxy) is 1. The number of anilines is 2. The average molecular weight is 283 g/mol. The first-order valence-electron chi connectivity index (χ1n) is 5.97. The number of benzene rings is 1. The highest BCUT2D eigenvalue weighted by Gasteiger charge is 2.10. The number of carbonyl (C=O) groups is 1. The van der Waals surface area contributed by atoms with Crippen molar-refractivity contribution < 1.29 is 9.53 Å². The zero-order valence-corrected chi connectivity index (χ0v) is 12.4. The number of nitrogens with one attached hydrogen (secondary N) is 1. The van der Waals surface area contributed by atoms with E-state index in [0.717, 1.165) is 12.3 Å². The fourth-order valence-corrected chi connectivity index (χ4v) is 2.08. The summed E-state index contributed by atoms with van der Waals surface area (Å²) in [7, 11) is 3.48. The number of nitrogen functional groups attached to an aromatic ring is 1. The van der Waals surface area contributed by atoms with Gasteiger partial charge in [0, 0.05) is 18.0 Å². The van der Waals surface area contributed by atoms with Crippen LogP contribution >= 0.6 is 11.8 Å². The van der Waals surface area contributed by atoms with Crippen LogP contribution in [0.15, 0.2) is 18.2 Å². The van der Waals surface area contributed by atoms with Crippen molar-refractivity contribution in [1.29, 1.82) is 0 Å². The first-order chi connectivity index (χ1) is 9.06. The van der Waals surface area contributed by atoms with Crippen LogP contribution in [0, 0.1) is 0 Å². The molecule has 3 N–H and O–H groups in total. The largest absolute Gasteiger partial charge is 0.495 e. The molecule has 1 aromatic carbocycles. The van der Waals surface area contributed by atoms with Gasteiger partial charge in [0.15, 0.2) is 0 Å². The highest BCUT2D eigenvalue weighted by molar-refractivity contribution is 7.98. The molecule has 106 valence electrons. The van der Waals surface area contributed by atoms with Crippen molar-refractivity contribution in [3.8, 4) is 5.75 Å². The van der Waals surface area contributed by atoms with Crippen LogP contribution in [0.25, 0.3) is 0 Å². The molecule has 0 spiro atoms. The van der Waals surface area contributed by atoms with E-state index in [1.807, 2.05) is 18.2 Å². The molecular formula is C13H21N3O2S. The first kappa shape index (κ1) is 15.7. The van der Waals surface area contributed by atoms with Crippen LogP contribution in [-0.2, 0) is 4.79 Å². The predicted octanol–water partition coefficient (Wildman–Crippen LogP) is 1.51. The van der Waals surface area contributed by atoms with Gasteiger partial charge in [-0.15, -0.1) is 0 Å². The maximum Gasteiger partial charge on any atom is 0.238 e. The molecule has 0 saturated heterocycles. The molecular weight excluding hydrogens is 262 g/mol. The summed E-state index contributed by atoms with van der Waals surface area (Å²) in [5.74, 6) is 1.53. The van der Waals surface area contributed by atoms with Gasteiger partial charge in [0.2, 0.25) is 5.91 Å². The lowest BCUT2D eigenvalue weighted by Crippen LogP contribution is -2.31. The molecule has 5 nitrogen and oxygen atoms in total. The summed E-state index contributed by atoms with van der Waals surface area (Å²) < 4.78 is 5.18. The SMILES string of the molecule is COc1ccc(N)cc1NC(=O)CN(C)CCSC. The number of amides is 1. The second-order valence-corrected chi connectivity index (χ2v) is 5.22. The summed E-state index contributed by atoms with van der Waals surface area (Å²) in [6.07, 6.45) is 2.05. The first-order valence-corrected chi connectivity index (χ1v) is 7.37. The zero-order valence-electron chi connectivity index (χ0n) is 11.6. The Bertz CT molecular complexity index is 426. The van der Waals surface area contributed by atoms with E-state index in [2.05, 4.69) is 5.32 Å². The van der Waals surface area contributed by atoms with Gasteiger partial charge in [-0.1, -0.05) is 0 Å². The molecule has 1 rings (SSSR count). The number of likely N-dealkylation sites (N-methyl/N-ethyl adjacent to an activating group) is 1. The van der Waals surface area contributed by atoms with Crippen LogP contribution < -0.4 is 15.8 Å². The highest BCUT2D eigenvalue weighted by atomic mass is 32.2. The molecule has 0 aliphatic rings. The Kier molecular flexibility index (Phi) is 6.52. The minimum Gasteiger partial charge on any atom is -0.495 e. The molecule has 0 atom stereocenters. The molecule has 19 heavy (non-hydrogen) atoms. The number of hydrogen-bond acceptors (Lipinski definition) is 5. The standard InChI is InChI=1S/C13H21N3O2S/c1-16(6-7-19-3)9-13(17)15-11-8-10(14)4-5-12(11)18-2/h4-5,8H,6-7,9,14H2,1-3H3,(H,15,17). The Morgan fingerprint density at radius 2 is 2.26 bits per heavy atom. The van der Waals surface area contributed by atoms with Crippen molar-refractivity contribution in [2.45, 2.75) is 0 Å². The average Bonchev–Trinajstić information content (AvgIpc) is 2.36. The summed E-state index contributed by atoms with van der Waals surface area (Å²) >= 11 is 1.76. The van der Waals surface area contributed by atoms with Gasteiger partial charge in [-0.25, -0.2) is 0 Å². The number of methoxy groups -OCH3 is 1. The van der Waals surface area contributed by atoms with Gasteiger partial charge in [0.25, 0.3) is 0 Å². The summed E-state index contributed by atoms with van der Waals surface area (Å²) in [4.78, 5) is 13.9. The van der Waals surface area contributed by atoms with E-state index >= 15 is 0 Å². The van der Waals surface area contributed by atoms with E-state index in [4.69, 9.17) is 10.5 Å². The molecule has 0 unspecified atom stereocenters. The van der Waals surface area contributed by atoms with Crippen molar-refractivity contribution in [3.05, 3.63) is 18.2 Å². The number of hydrogen-bond donors (Lipinski definition) is 2. The van der Waals surface area contributed by atoms with E-state index in [1.165, 1.54) is 0 Å². The summed E-state index contributed by atoms with van der Waals surface area (Å²) in [6, 6.07) is 5.17. The smallest absolute Gasteiger partial charge is 0.238 e. The number of rotatable bonds is 7. The molecule has 0 fully saturated rings. The van der Waals surface area contributed by atoms with Crippen LogP contribution in [0.4, 0.5) is 11.4 Å². The van der Waals surface area contributed by atoms with Gasteiger partial charge in [0.05, 0.1) is 19.3 Å². The molecule has 0 saturated carbocycles. The Hall–Kier alpha value is -1.40. The second kappa shape index (κ2) is 7.91. The topological polar surface area (TPSA) is 67.6 Å². The van der Waals surface area contributed by atoms with E-state index in [9.17, 15) is 4.79 Å². The molecule has 6 heteroatoms. The molecule has 0 aliphatic carbocycles. The molecule has 0 heterocycles. The molecule has 0 aromatic heterocycles. The van der Waals surface area contributed by atoms with Gasteiger partial charge < -0.3 is 15.8 Å². The van der Waals surface area contributed by atoms with Crippen LogP contribution in [0.5, 0.6) is 5.75 Å². The quantitative estimate of drug-likeness (QED) is 0.743. The van der Waals surface area contributed by atoms with Crippen LogP contribution in [0.2, 0.25) is 0 Å². The van der Waals surface area contributed by atoms with E-state index in [1.54, 1.807) is 37.1 Å². The lowest BCUT2D eigenvalue weighted by Gasteiger charge is -2.16. The van der Waals surface area contributed by atoms with Gasteiger partial charge in [0.1, 0.15) is 5.75 Å². The van der Waals surface area contributed by atoms with Crippen molar-refractivity contribution in [2.24, 2.45) is 0 Å². The third kappa shape index (κ3) is 5.40. The Balaban J connectivity index is 2.59. The number of nitrogens with zero attached hydrogens (tertiary/aromatic N) is 1. The molecule has 0 radical (unpaired) electrons. The molecule has 1 amide bonds. The Morgan fingerprint density at radius 3 is 2.89 bits per heavy atom. The van der Waals surface area contributed by atoms with Crippen LogP contribution in [0.1, 0.15) is 0 Å². The number of nitrogens with two attached hydrogens (primary N) is 1. The van der Waals surface area contributed by atoms with Crippen molar-refractivity contribution in [3.63, 3.8) is 0 Å². The van der Waals surface area contributed by atoms with Gasteiger partial charge in [-0.2, -0.15) is 11.8 Å². The van der Waals surface area contributed by atoms with Crippen LogP contribution in [-0.4, -0.2) is 50.1 Å². The van der Waals surface area contributed by atoms with Crippen molar-refractivity contribution in [1.82, 2.24) is 4.90 Å². The molecule has 0 bridgehead atoms. The maximum absolute atomic E-state index is 11.9. The van der Waals surface area contributed by atoms with Gasteiger partial charge in [-0.3, -0.25) is 9.69 Å². The third-order valence-electron chi connectivity index (χ3n) is 2.59. The lowest BCUT2D eigenvalue weighted by atomic mass is 10.2. The summed E-state index contributed by atoms with van der Waals surface area (Å²) in [6.45, 7) is 1.22. The van der Waals surface area contributed by atoms with Gasteiger partial charge in [-0.05, 0) is 31.5 Å². The van der Waals surface area contributed by atoms with Gasteiger partial charge >= 0.3 is 0 Å². The monoisotopic (exact) mass is 283 g/mol. The Labute approximate surface area is 118 Å². The highest BCUT2D eigenvalue weighted by Crippen LogP contribution is 2.26. The minimum absolute atomic E-state index is 0.0764. The Morgan fingerprint density at radius 1 is 1.53 bits per heavy atom.